The molecule has 176 valence electrons. The van der Waals surface area contributed by atoms with Crippen molar-refractivity contribution in [1.82, 2.24) is 19.8 Å². The zero-order valence-corrected chi connectivity index (χ0v) is 20.3. The summed E-state index contributed by atoms with van der Waals surface area (Å²) in [6.07, 6.45) is 2.41. The van der Waals surface area contributed by atoms with E-state index in [2.05, 4.69) is 19.9 Å². The summed E-state index contributed by atoms with van der Waals surface area (Å²) in [7, 11) is -1.38. The van der Waals surface area contributed by atoms with Crippen molar-refractivity contribution in [1.29, 1.82) is 0 Å². The number of piperidine rings is 1. The highest BCUT2D eigenvalue weighted by Gasteiger charge is 2.27. The summed E-state index contributed by atoms with van der Waals surface area (Å²) in [6, 6.07) is 0. The standard InChI is InChI=1S/C20H41N5O4S/c1-7-24(19(26)29-20(3,4)5)16-17-10-14-25(15-11-17)18(21-6)22-12-9-13-23-30(27,28)8-2/h17,23H,7-16H2,1-6H3,(H,21,22). The van der Waals surface area contributed by atoms with Crippen LogP contribution in [0.1, 0.15) is 53.9 Å². The van der Waals surface area contributed by atoms with Crippen LogP contribution >= 0.6 is 0 Å². The molecule has 0 aromatic rings. The quantitative estimate of drug-likeness (QED) is 0.318. The van der Waals surface area contributed by atoms with Gasteiger partial charge >= 0.3 is 6.09 Å². The maximum Gasteiger partial charge on any atom is 0.410 e. The lowest BCUT2D eigenvalue weighted by atomic mass is 9.96. The fourth-order valence-corrected chi connectivity index (χ4v) is 3.91. The molecule has 1 rings (SSSR count). The first-order valence-electron chi connectivity index (χ1n) is 10.9. The highest BCUT2D eigenvalue weighted by atomic mass is 32.2. The molecule has 0 aromatic carbocycles. The molecule has 2 N–H and O–H groups in total. The monoisotopic (exact) mass is 447 g/mol. The average molecular weight is 448 g/mol. The number of guanidine groups is 1. The Kier molecular flexibility index (Phi) is 10.9. The van der Waals surface area contributed by atoms with Crippen molar-refractivity contribution in [3.05, 3.63) is 0 Å². The van der Waals surface area contributed by atoms with E-state index in [1.165, 1.54) is 0 Å². The molecule has 0 spiro atoms. The number of likely N-dealkylation sites (tertiary alicyclic amines) is 1. The predicted molar refractivity (Wildman–Crippen MR) is 121 cm³/mol. The molecule has 0 bridgehead atoms. The van der Waals surface area contributed by atoms with Gasteiger partial charge in [-0.1, -0.05) is 0 Å². The first-order chi connectivity index (χ1) is 14.0. The van der Waals surface area contributed by atoms with Gasteiger partial charge in [-0.05, 0) is 59.8 Å². The fraction of sp³-hybridized carbons (Fsp3) is 0.900. The molecule has 1 saturated heterocycles. The lowest BCUT2D eigenvalue weighted by Crippen LogP contribution is -2.48. The molecule has 30 heavy (non-hydrogen) atoms. The minimum absolute atomic E-state index is 0.0976. The minimum atomic E-state index is -3.14. The van der Waals surface area contributed by atoms with Crippen molar-refractivity contribution in [3.8, 4) is 0 Å². The summed E-state index contributed by atoms with van der Waals surface area (Å²) in [4.78, 5) is 20.7. The first kappa shape index (κ1) is 26.5. The van der Waals surface area contributed by atoms with Crippen LogP contribution in [-0.4, -0.2) is 87.9 Å². The summed E-state index contributed by atoms with van der Waals surface area (Å²) in [5, 5.41) is 3.31. The van der Waals surface area contributed by atoms with E-state index < -0.39 is 15.6 Å². The number of ether oxygens (including phenoxy) is 1. The number of rotatable bonds is 9. The van der Waals surface area contributed by atoms with Gasteiger partial charge in [0.25, 0.3) is 0 Å². The third-order valence-electron chi connectivity index (χ3n) is 4.98. The Morgan fingerprint density at radius 1 is 1.20 bits per heavy atom. The van der Waals surface area contributed by atoms with Gasteiger partial charge in [-0.3, -0.25) is 4.99 Å². The van der Waals surface area contributed by atoms with E-state index >= 15 is 0 Å². The molecule has 1 heterocycles. The summed E-state index contributed by atoms with van der Waals surface area (Å²) >= 11 is 0. The van der Waals surface area contributed by atoms with Crippen LogP contribution in [-0.2, 0) is 14.8 Å². The number of hydrogen-bond acceptors (Lipinski definition) is 5. The zero-order valence-electron chi connectivity index (χ0n) is 19.5. The third kappa shape index (κ3) is 9.97. The van der Waals surface area contributed by atoms with Gasteiger partial charge < -0.3 is 19.9 Å². The van der Waals surface area contributed by atoms with E-state index in [0.717, 1.165) is 31.9 Å². The molecule has 0 atom stereocenters. The van der Waals surface area contributed by atoms with Crippen molar-refractivity contribution in [2.75, 3.05) is 52.1 Å². The van der Waals surface area contributed by atoms with Crippen molar-refractivity contribution >= 4 is 22.1 Å². The van der Waals surface area contributed by atoms with Gasteiger partial charge in [0.1, 0.15) is 5.60 Å². The van der Waals surface area contributed by atoms with E-state index in [4.69, 9.17) is 4.74 Å². The number of carbonyl (C=O) groups is 1. The summed E-state index contributed by atoms with van der Waals surface area (Å²) in [6.45, 7) is 13.4. The topological polar surface area (TPSA) is 103 Å². The summed E-state index contributed by atoms with van der Waals surface area (Å²) in [5.74, 6) is 1.38. The average Bonchev–Trinajstić information content (AvgIpc) is 2.68. The van der Waals surface area contributed by atoms with Gasteiger partial charge in [-0.15, -0.1) is 0 Å². The second kappa shape index (κ2) is 12.3. The first-order valence-corrected chi connectivity index (χ1v) is 12.6. The molecular weight excluding hydrogens is 406 g/mol. The highest BCUT2D eigenvalue weighted by Crippen LogP contribution is 2.20. The van der Waals surface area contributed by atoms with Crippen LogP contribution < -0.4 is 10.0 Å². The molecule has 1 aliphatic rings. The third-order valence-corrected chi connectivity index (χ3v) is 6.38. The van der Waals surface area contributed by atoms with Crippen LogP contribution in [0.2, 0.25) is 0 Å². The van der Waals surface area contributed by atoms with E-state index in [-0.39, 0.29) is 11.8 Å². The normalized spacial score (nSPS) is 16.5. The molecule has 0 radical (unpaired) electrons. The van der Waals surface area contributed by atoms with E-state index in [1.54, 1.807) is 18.9 Å². The Bertz CT molecular complexity index is 653. The second-order valence-electron chi connectivity index (χ2n) is 8.57. The zero-order chi connectivity index (χ0) is 22.8. The molecule has 0 saturated carbocycles. The number of sulfonamides is 1. The Morgan fingerprint density at radius 3 is 2.33 bits per heavy atom. The van der Waals surface area contributed by atoms with Crippen molar-refractivity contribution in [2.45, 2.75) is 59.5 Å². The highest BCUT2D eigenvalue weighted by molar-refractivity contribution is 7.89. The Labute approximate surface area is 182 Å². The lowest BCUT2D eigenvalue weighted by Gasteiger charge is -2.36. The number of amides is 1. The molecule has 9 nitrogen and oxygen atoms in total. The van der Waals surface area contributed by atoms with Crippen LogP contribution in [0.3, 0.4) is 0 Å². The van der Waals surface area contributed by atoms with Gasteiger partial charge in [-0.2, -0.15) is 0 Å². The van der Waals surface area contributed by atoms with Crippen LogP contribution in [0, 0.1) is 5.92 Å². The van der Waals surface area contributed by atoms with E-state index in [1.807, 2.05) is 27.7 Å². The SMILES string of the molecule is CCN(CC1CCN(C(=NC)NCCCNS(=O)(=O)CC)CC1)C(=O)OC(C)(C)C. The van der Waals surface area contributed by atoms with Crippen molar-refractivity contribution in [2.24, 2.45) is 10.9 Å². The number of nitrogens with zero attached hydrogens (tertiary/aromatic N) is 3. The van der Waals surface area contributed by atoms with Gasteiger partial charge in [0.2, 0.25) is 10.0 Å². The van der Waals surface area contributed by atoms with Gasteiger partial charge in [0.15, 0.2) is 5.96 Å². The van der Waals surface area contributed by atoms with Gasteiger partial charge in [-0.25, -0.2) is 17.9 Å². The Hall–Kier alpha value is -1.55. The van der Waals surface area contributed by atoms with E-state index in [9.17, 15) is 13.2 Å². The van der Waals surface area contributed by atoms with Crippen molar-refractivity contribution < 1.29 is 17.9 Å². The fourth-order valence-electron chi connectivity index (χ4n) is 3.25. The lowest BCUT2D eigenvalue weighted by molar-refractivity contribution is 0.0214. The van der Waals surface area contributed by atoms with Crippen LogP contribution in [0.25, 0.3) is 0 Å². The molecular formula is C20H41N5O4S. The predicted octanol–water partition coefficient (Wildman–Crippen LogP) is 1.86. The summed E-state index contributed by atoms with van der Waals surface area (Å²) in [5.41, 5.74) is -0.484. The Morgan fingerprint density at radius 2 is 1.83 bits per heavy atom. The van der Waals surface area contributed by atoms with Crippen LogP contribution in [0.5, 0.6) is 0 Å². The Balaban J connectivity index is 2.39. The minimum Gasteiger partial charge on any atom is -0.444 e. The van der Waals surface area contributed by atoms with Crippen LogP contribution in [0.4, 0.5) is 4.79 Å². The van der Waals surface area contributed by atoms with Gasteiger partial charge in [0, 0.05) is 46.3 Å². The number of nitrogens with one attached hydrogen (secondary N) is 2. The largest absolute Gasteiger partial charge is 0.444 e. The molecule has 1 fully saturated rings. The van der Waals surface area contributed by atoms with Gasteiger partial charge in [0.05, 0.1) is 5.75 Å². The molecule has 0 unspecified atom stereocenters. The number of hydrogen-bond donors (Lipinski definition) is 2. The molecule has 1 amide bonds. The second-order valence-corrected chi connectivity index (χ2v) is 10.7. The number of carbonyl (C=O) groups excluding carboxylic acids is 1. The number of aliphatic imine (C=N–C) groups is 1. The molecule has 10 heteroatoms. The smallest absolute Gasteiger partial charge is 0.410 e. The molecule has 0 aliphatic carbocycles. The molecule has 1 aliphatic heterocycles. The van der Waals surface area contributed by atoms with Crippen molar-refractivity contribution in [3.63, 3.8) is 0 Å². The maximum absolute atomic E-state index is 12.4. The maximum atomic E-state index is 12.4. The summed E-state index contributed by atoms with van der Waals surface area (Å²) < 4.78 is 31.0. The van der Waals surface area contributed by atoms with E-state index in [0.29, 0.717) is 38.5 Å². The molecule has 0 aromatic heterocycles. The van der Waals surface area contributed by atoms with Crippen LogP contribution in [0.15, 0.2) is 4.99 Å².